The lowest BCUT2D eigenvalue weighted by Gasteiger charge is -2.33. The van der Waals surface area contributed by atoms with Gasteiger partial charge in [0, 0.05) is 32.2 Å². The number of rotatable bonds is 4. The molecular weight excluding hydrogens is 299 g/mol. The van der Waals surface area contributed by atoms with Crippen LogP contribution in [0.5, 0.6) is 11.5 Å². The van der Waals surface area contributed by atoms with E-state index in [1.807, 2.05) is 6.07 Å². The summed E-state index contributed by atoms with van der Waals surface area (Å²) >= 11 is 0. The normalized spacial score (nSPS) is 16.6. The zero-order valence-electron chi connectivity index (χ0n) is 12.2. The number of hydrogen-bond acceptors (Lipinski definition) is 4. The second-order valence-corrected chi connectivity index (χ2v) is 4.58. The number of nitrogens with one attached hydrogen (secondary N) is 1. The van der Waals surface area contributed by atoms with Crippen molar-refractivity contribution in [3.8, 4) is 11.5 Å². The molecule has 6 heteroatoms. The fraction of sp³-hybridized carbons (Fsp3) is 0.571. The zero-order valence-corrected chi connectivity index (χ0v) is 13.9. The maximum Gasteiger partial charge on any atom is 0.161 e. The summed E-state index contributed by atoms with van der Waals surface area (Å²) in [7, 11) is 3.34. The third kappa shape index (κ3) is 4.42. The summed E-state index contributed by atoms with van der Waals surface area (Å²) in [6, 6.07) is 6.58. The quantitative estimate of drug-likeness (QED) is 0.923. The van der Waals surface area contributed by atoms with E-state index in [0.717, 1.165) is 37.7 Å². The minimum Gasteiger partial charge on any atom is -0.493 e. The summed E-state index contributed by atoms with van der Waals surface area (Å²) in [4.78, 5) is 2.48. The molecule has 0 aromatic heterocycles. The standard InChI is InChI=1S/C14H22N2O2.2ClH/c1-11(16-8-6-15-7-9-16)12-4-5-13(17-2)14(10-12)18-3;;/h4-5,10-11,15H,6-9H2,1-3H3;2*1H/t11-;;/m0../s1. The Morgan fingerprint density at radius 1 is 1.05 bits per heavy atom. The van der Waals surface area contributed by atoms with Gasteiger partial charge in [0.1, 0.15) is 0 Å². The SMILES string of the molecule is COc1ccc([C@H](C)N2CCNCC2)cc1OC.Cl.Cl. The van der Waals surface area contributed by atoms with Crippen molar-refractivity contribution >= 4 is 24.8 Å². The second-order valence-electron chi connectivity index (χ2n) is 4.58. The molecule has 1 N–H and O–H groups in total. The number of piperazine rings is 1. The summed E-state index contributed by atoms with van der Waals surface area (Å²) in [6.45, 7) is 6.56. The number of benzene rings is 1. The third-order valence-electron chi connectivity index (χ3n) is 3.59. The maximum atomic E-state index is 5.36. The van der Waals surface area contributed by atoms with Crippen LogP contribution in [-0.2, 0) is 0 Å². The predicted octanol–water partition coefficient (Wildman–Crippen LogP) is 2.51. The van der Waals surface area contributed by atoms with Gasteiger partial charge in [0.15, 0.2) is 11.5 Å². The highest BCUT2D eigenvalue weighted by molar-refractivity contribution is 5.85. The van der Waals surface area contributed by atoms with E-state index in [2.05, 4.69) is 29.3 Å². The van der Waals surface area contributed by atoms with E-state index >= 15 is 0 Å². The van der Waals surface area contributed by atoms with E-state index < -0.39 is 0 Å². The lowest BCUT2D eigenvalue weighted by Crippen LogP contribution is -2.44. The zero-order chi connectivity index (χ0) is 13.0. The molecule has 1 atom stereocenters. The van der Waals surface area contributed by atoms with E-state index in [0.29, 0.717) is 6.04 Å². The van der Waals surface area contributed by atoms with Crippen molar-refractivity contribution in [2.24, 2.45) is 0 Å². The molecule has 0 amide bonds. The highest BCUT2D eigenvalue weighted by Gasteiger charge is 2.19. The van der Waals surface area contributed by atoms with Crippen molar-refractivity contribution in [3.63, 3.8) is 0 Å². The minimum absolute atomic E-state index is 0. The van der Waals surface area contributed by atoms with Crippen LogP contribution >= 0.6 is 24.8 Å². The van der Waals surface area contributed by atoms with E-state index in [1.54, 1.807) is 14.2 Å². The highest BCUT2D eigenvalue weighted by Crippen LogP contribution is 2.31. The molecule has 0 saturated carbocycles. The first-order chi connectivity index (χ1) is 8.76. The molecule has 0 aliphatic carbocycles. The molecule has 0 bridgehead atoms. The third-order valence-corrected chi connectivity index (χ3v) is 3.59. The molecule has 0 radical (unpaired) electrons. The van der Waals surface area contributed by atoms with Crippen LogP contribution < -0.4 is 14.8 Å². The van der Waals surface area contributed by atoms with Gasteiger partial charge >= 0.3 is 0 Å². The highest BCUT2D eigenvalue weighted by atomic mass is 35.5. The van der Waals surface area contributed by atoms with Gasteiger partial charge in [-0.25, -0.2) is 0 Å². The fourth-order valence-corrected chi connectivity index (χ4v) is 2.39. The molecule has 116 valence electrons. The predicted molar refractivity (Wildman–Crippen MR) is 86.9 cm³/mol. The van der Waals surface area contributed by atoms with Crippen LogP contribution in [0.4, 0.5) is 0 Å². The van der Waals surface area contributed by atoms with Crippen molar-refractivity contribution in [1.29, 1.82) is 0 Å². The lowest BCUT2D eigenvalue weighted by atomic mass is 10.1. The average molecular weight is 323 g/mol. The largest absolute Gasteiger partial charge is 0.493 e. The van der Waals surface area contributed by atoms with Crippen LogP contribution in [0.1, 0.15) is 18.5 Å². The van der Waals surface area contributed by atoms with Crippen molar-refractivity contribution < 1.29 is 9.47 Å². The van der Waals surface area contributed by atoms with Crippen LogP contribution in [0.2, 0.25) is 0 Å². The van der Waals surface area contributed by atoms with Crippen molar-refractivity contribution in [2.75, 3.05) is 40.4 Å². The molecule has 0 unspecified atom stereocenters. The minimum atomic E-state index is 0. The van der Waals surface area contributed by atoms with Gasteiger partial charge < -0.3 is 14.8 Å². The van der Waals surface area contributed by atoms with Gasteiger partial charge in [-0.3, -0.25) is 4.90 Å². The molecule has 1 fully saturated rings. The summed E-state index contributed by atoms with van der Waals surface area (Å²) in [5, 5.41) is 3.38. The number of ether oxygens (including phenoxy) is 2. The van der Waals surface area contributed by atoms with Crippen LogP contribution in [-0.4, -0.2) is 45.3 Å². The van der Waals surface area contributed by atoms with Crippen LogP contribution in [0, 0.1) is 0 Å². The molecule has 20 heavy (non-hydrogen) atoms. The first-order valence-electron chi connectivity index (χ1n) is 6.43. The first-order valence-corrected chi connectivity index (χ1v) is 6.43. The maximum absolute atomic E-state index is 5.36. The molecule has 1 aromatic carbocycles. The van der Waals surface area contributed by atoms with Crippen molar-refractivity contribution in [1.82, 2.24) is 10.2 Å². The van der Waals surface area contributed by atoms with Gasteiger partial charge in [0.25, 0.3) is 0 Å². The Balaban J connectivity index is 0.00000180. The lowest BCUT2D eigenvalue weighted by molar-refractivity contribution is 0.185. The topological polar surface area (TPSA) is 33.7 Å². The number of nitrogens with zero attached hydrogens (tertiary/aromatic N) is 1. The number of methoxy groups -OCH3 is 2. The van der Waals surface area contributed by atoms with Gasteiger partial charge in [-0.05, 0) is 24.6 Å². The van der Waals surface area contributed by atoms with Gasteiger partial charge in [0.05, 0.1) is 14.2 Å². The molecule has 1 aromatic rings. The van der Waals surface area contributed by atoms with Crippen LogP contribution in [0.15, 0.2) is 18.2 Å². The van der Waals surface area contributed by atoms with Crippen molar-refractivity contribution in [2.45, 2.75) is 13.0 Å². The molecule has 1 heterocycles. The molecule has 1 aliphatic heterocycles. The number of halogens is 2. The Morgan fingerprint density at radius 2 is 1.65 bits per heavy atom. The molecule has 2 rings (SSSR count). The molecule has 0 spiro atoms. The Kier molecular flexibility index (Phi) is 8.98. The molecular formula is C14H24Cl2N2O2. The van der Waals surface area contributed by atoms with Crippen molar-refractivity contribution in [3.05, 3.63) is 23.8 Å². The van der Waals surface area contributed by atoms with Gasteiger partial charge in [-0.15, -0.1) is 24.8 Å². The van der Waals surface area contributed by atoms with Crippen LogP contribution in [0.3, 0.4) is 0 Å². The summed E-state index contributed by atoms with van der Waals surface area (Å²) < 4.78 is 10.6. The van der Waals surface area contributed by atoms with Crippen LogP contribution in [0.25, 0.3) is 0 Å². The van der Waals surface area contributed by atoms with Gasteiger partial charge in [-0.2, -0.15) is 0 Å². The Morgan fingerprint density at radius 3 is 2.20 bits per heavy atom. The first kappa shape index (κ1) is 19.3. The summed E-state index contributed by atoms with van der Waals surface area (Å²) in [5.41, 5.74) is 1.27. The number of hydrogen-bond donors (Lipinski definition) is 1. The average Bonchev–Trinajstić information content (AvgIpc) is 2.46. The Bertz CT molecular complexity index is 399. The molecule has 4 nitrogen and oxygen atoms in total. The van der Waals surface area contributed by atoms with E-state index in [-0.39, 0.29) is 24.8 Å². The molecule has 1 saturated heterocycles. The Hall–Kier alpha value is -0.680. The van der Waals surface area contributed by atoms with E-state index in [9.17, 15) is 0 Å². The summed E-state index contributed by atoms with van der Waals surface area (Å²) in [6.07, 6.45) is 0. The van der Waals surface area contributed by atoms with E-state index in [4.69, 9.17) is 9.47 Å². The molecule has 1 aliphatic rings. The van der Waals surface area contributed by atoms with Gasteiger partial charge in [-0.1, -0.05) is 6.07 Å². The second kappa shape index (κ2) is 9.29. The summed E-state index contributed by atoms with van der Waals surface area (Å²) in [5.74, 6) is 1.59. The fourth-order valence-electron chi connectivity index (χ4n) is 2.39. The van der Waals surface area contributed by atoms with Gasteiger partial charge in [0.2, 0.25) is 0 Å². The monoisotopic (exact) mass is 322 g/mol. The smallest absolute Gasteiger partial charge is 0.161 e. The van der Waals surface area contributed by atoms with E-state index in [1.165, 1.54) is 5.56 Å². The Labute approximate surface area is 133 Å².